The Labute approximate surface area is 207 Å². The van der Waals surface area contributed by atoms with Crippen molar-refractivity contribution in [3.8, 4) is 11.1 Å². The molecule has 35 heavy (non-hydrogen) atoms. The van der Waals surface area contributed by atoms with Crippen LogP contribution in [0.25, 0.3) is 22.0 Å². The maximum Gasteiger partial charge on any atom is 0.416 e. The van der Waals surface area contributed by atoms with Crippen molar-refractivity contribution in [1.29, 1.82) is 0 Å². The molecule has 3 nitrogen and oxygen atoms in total. The summed E-state index contributed by atoms with van der Waals surface area (Å²) in [6, 6.07) is 18.7. The van der Waals surface area contributed by atoms with Crippen molar-refractivity contribution in [2.75, 3.05) is 7.11 Å². The minimum atomic E-state index is -4.44. The highest BCUT2D eigenvalue weighted by molar-refractivity contribution is 6.33. The quantitative estimate of drug-likeness (QED) is 0.249. The zero-order valence-electron chi connectivity index (χ0n) is 19.6. The Bertz CT molecular complexity index is 1360. The Kier molecular flexibility index (Phi) is 6.95. The number of nitrogens with zero attached hydrogens (tertiary/aromatic N) is 1. The van der Waals surface area contributed by atoms with E-state index in [4.69, 9.17) is 16.3 Å². The molecule has 182 valence electrons. The lowest BCUT2D eigenvalue weighted by Crippen LogP contribution is -2.13. The predicted molar refractivity (Wildman–Crippen MR) is 133 cm³/mol. The van der Waals surface area contributed by atoms with Crippen LogP contribution in [0.15, 0.2) is 72.9 Å². The smallest absolute Gasteiger partial charge is 0.416 e. The number of methoxy groups -OCH3 is 1. The fourth-order valence-corrected chi connectivity index (χ4v) is 4.63. The normalized spacial score (nSPS) is 12.8. The number of aromatic nitrogens is 1. The first kappa shape index (κ1) is 24.9. The van der Waals surface area contributed by atoms with Crippen molar-refractivity contribution in [2.45, 2.75) is 32.5 Å². The lowest BCUT2D eigenvalue weighted by Gasteiger charge is -2.23. The first-order chi connectivity index (χ1) is 16.6. The Morgan fingerprint density at radius 2 is 1.71 bits per heavy atom. The summed E-state index contributed by atoms with van der Waals surface area (Å²) in [6.07, 6.45) is -1.54. The van der Waals surface area contributed by atoms with Crippen LogP contribution in [0.2, 0.25) is 5.02 Å². The number of esters is 1. The Morgan fingerprint density at radius 3 is 2.31 bits per heavy atom. The van der Waals surface area contributed by atoms with E-state index < -0.39 is 11.7 Å². The average molecular weight is 500 g/mol. The number of ether oxygens (including phenoxy) is 1. The molecule has 0 aliphatic rings. The molecule has 1 aromatic heterocycles. The molecule has 0 aliphatic heterocycles. The number of carbonyl (C=O) groups excluding carboxylic acids is 1. The summed E-state index contributed by atoms with van der Waals surface area (Å²) < 4.78 is 46.0. The van der Waals surface area contributed by atoms with Gasteiger partial charge >= 0.3 is 12.1 Å². The average Bonchev–Trinajstić information content (AvgIpc) is 3.24. The van der Waals surface area contributed by atoms with E-state index in [9.17, 15) is 18.0 Å². The molecule has 1 atom stereocenters. The fraction of sp³-hybridized carbons (Fsp3) is 0.250. The number of alkyl halides is 3. The van der Waals surface area contributed by atoms with E-state index in [1.807, 2.05) is 42.6 Å². The molecule has 0 amide bonds. The fourth-order valence-electron chi connectivity index (χ4n) is 4.34. The van der Waals surface area contributed by atoms with Crippen molar-refractivity contribution in [3.05, 3.63) is 94.6 Å². The third kappa shape index (κ3) is 5.22. The molecule has 3 aromatic carbocycles. The van der Waals surface area contributed by atoms with Gasteiger partial charge in [-0.2, -0.15) is 13.2 Å². The van der Waals surface area contributed by atoms with Crippen LogP contribution in [0, 0.1) is 5.92 Å². The Morgan fingerprint density at radius 1 is 1.00 bits per heavy atom. The molecule has 0 bridgehead atoms. The minimum absolute atomic E-state index is 0.0414. The molecule has 1 heterocycles. The van der Waals surface area contributed by atoms with Crippen molar-refractivity contribution < 1.29 is 22.7 Å². The van der Waals surface area contributed by atoms with Crippen LogP contribution in [0.3, 0.4) is 0 Å². The van der Waals surface area contributed by atoms with Gasteiger partial charge in [-0.15, -0.1) is 0 Å². The van der Waals surface area contributed by atoms with Gasteiger partial charge in [-0.3, -0.25) is 0 Å². The molecule has 4 rings (SSSR count). The zero-order chi connectivity index (χ0) is 25.3. The molecule has 0 saturated carbocycles. The van der Waals surface area contributed by atoms with Gasteiger partial charge in [0.25, 0.3) is 0 Å². The predicted octanol–water partition coefficient (Wildman–Crippen LogP) is 8.40. The van der Waals surface area contributed by atoms with Gasteiger partial charge < -0.3 is 9.30 Å². The van der Waals surface area contributed by atoms with Crippen LogP contribution in [0.5, 0.6) is 0 Å². The summed E-state index contributed by atoms with van der Waals surface area (Å²) in [5.74, 6) is 0.0424. The maximum atomic E-state index is 13.0. The third-order valence-corrected chi connectivity index (χ3v) is 6.39. The number of halogens is 4. The van der Waals surface area contributed by atoms with Crippen LogP contribution >= 0.6 is 11.6 Å². The number of hydrogen-bond acceptors (Lipinski definition) is 2. The SMILES string of the molecule is COC(=O)c1ccc([C@H](CC(C)C)n2ccc3cc(-c4ccc(C(F)(F)F)cc4Cl)ccc32)cc1. The van der Waals surface area contributed by atoms with Gasteiger partial charge in [-0.05, 0) is 65.9 Å². The first-order valence-corrected chi connectivity index (χ1v) is 11.6. The highest BCUT2D eigenvalue weighted by atomic mass is 35.5. The van der Waals surface area contributed by atoms with Crippen molar-refractivity contribution in [3.63, 3.8) is 0 Å². The molecule has 0 aliphatic carbocycles. The molecule has 0 saturated heterocycles. The Hall–Kier alpha value is -3.25. The molecule has 0 radical (unpaired) electrons. The van der Waals surface area contributed by atoms with E-state index in [-0.39, 0.29) is 17.0 Å². The van der Waals surface area contributed by atoms with Gasteiger partial charge in [0.15, 0.2) is 0 Å². The second kappa shape index (κ2) is 9.78. The minimum Gasteiger partial charge on any atom is -0.465 e. The summed E-state index contributed by atoms with van der Waals surface area (Å²) in [7, 11) is 1.36. The molecule has 0 N–H and O–H groups in total. The third-order valence-electron chi connectivity index (χ3n) is 6.07. The second-order valence-electron chi connectivity index (χ2n) is 8.95. The van der Waals surface area contributed by atoms with Crippen molar-refractivity contribution in [2.24, 2.45) is 5.92 Å². The van der Waals surface area contributed by atoms with Crippen molar-refractivity contribution >= 4 is 28.5 Å². The molecule has 0 fully saturated rings. The van der Waals surface area contributed by atoms with Gasteiger partial charge in [-0.25, -0.2) is 4.79 Å². The van der Waals surface area contributed by atoms with Gasteiger partial charge in [-0.1, -0.05) is 49.7 Å². The lowest BCUT2D eigenvalue weighted by molar-refractivity contribution is -0.137. The number of carbonyl (C=O) groups is 1. The summed E-state index contributed by atoms with van der Waals surface area (Å²) >= 11 is 6.22. The van der Waals surface area contributed by atoms with E-state index in [0.29, 0.717) is 17.0 Å². The molecule has 7 heteroatoms. The monoisotopic (exact) mass is 499 g/mol. The highest BCUT2D eigenvalue weighted by Crippen LogP contribution is 2.37. The summed E-state index contributed by atoms with van der Waals surface area (Å²) in [5.41, 5.74) is 3.09. The van der Waals surface area contributed by atoms with E-state index in [0.717, 1.165) is 40.6 Å². The maximum absolute atomic E-state index is 13.0. The van der Waals surface area contributed by atoms with Crippen LogP contribution in [-0.4, -0.2) is 17.6 Å². The van der Waals surface area contributed by atoms with E-state index in [2.05, 4.69) is 18.4 Å². The second-order valence-corrected chi connectivity index (χ2v) is 9.36. The van der Waals surface area contributed by atoms with E-state index in [1.165, 1.54) is 13.2 Å². The molecular formula is C28H25ClF3NO2. The molecule has 0 unspecified atom stereocenters. The molecule has 4 aromatic rings. The van der Waals surface area contributed by atoms with Crippen LogP contribution in [-0.2, 0) is 10.9 Å². The molecule has 0 spiro atoms. The summed E-state index contributed by atoms with van der Waals surface area (Å²) in [6.45, 7) is 4.32. The first-order valence-electron chi connectivity index (χ1n) is 11.2. The number of hydrogen-bond donors (Lipinski definition) is 0. The number of benzene rings is 3. The van der Waals surface area contributed by atoms with Gasteiger partial charge in [0.2, 0.25) is 0 Å². The lowest BCUT2D eigenvalue weighted by atomic mass is 9.95. The Balaban J connectivity index is 1.72. The number of rotatable bonds is 6. The van der Waals surface area contributed by atoms with Crippen LogP contribution in [0.4, 0.5) is 13.2 Å². The van der Waals surface area contributed by atoms with Crippen LogP contribution in [0.1, 0.15) is 47.8 Å². The zero-order valence-corrected chi connectivity index (χ0v) is 20.3. The summed E-state index contributed by atoms with van der Waals surface area (Å²) in [5, 5.41) is 1.01. The standard InChI is InChI=1S/C28H25ClF3NO2/c1-17(2)14-26(18-4-6-19(7-5-18)27(34)35-3)33-13-12-21-15-20(8-11-25(21)33)23-10-9-22(16-24(23)29)28(30,31)32/h4-13,15-17,26H,14H2,1-3H3/t26-/m0/s1. The number of fused-ring (bicyclic) bond motifs is 1. The topological polar surface area (TPSA) is 31.2 Å². The van der Waals surface area contributed by atoms with E-state index in [1.54, 1.807) is 12.1 Å². The highest BCUT2D eigenvalue weighted by Gasteiger charge is 2.31. The largest absolute Gasteiger partial charge is 0.465 e. The van der Waals surface area contributed by atoms with E-state index >= 15 is 0 Å². The van der Waals surface area contributed by atoms with Gasteiger partial charge in [0.05, 0.1) is 24.3 Å². The molecular weight excluding hydrogens is 475 g/mol. The van der Waals surface area contributed by atoms with Gasteiger partial charge in [0, 0.05) is 27.7 Å². The summed E-state index contributed by atoms with van der Waals surface area (Å²) in [4.78, 5) is 11.8. The van der Waals surface area contributed by atoms with Gasteiger partial charge in [0.1, 0.15) is 0 Å². The van der Waals surface area contributed by atoms with Crippen molar-refractivity contribution in [1.82, 2.24) is 4.57 Å². The van der Waals surface area contributed by atoms with Crippen LogP contribution < -0.4 is 0 Å².